The highest BCUT2D eigenvalue weighted by Crippen LogP contribution is 2.33. The van der Waals surface area contributed by atoms with Crippen molar-refractivity contribution in [3.05, 3.63) is 18.2 Å². The molecule has 0 saturated heterocycles. The van der Waals surface area contributed by atoms with Crippen LogP contribution in [0, 0.1) is 0 Å². The summed E-state index contributed by atoms with van der Waals surface area (Å²) in [7, 11) is 1.64. The molecule has 0 amide bonds. The van der Waals surface area contributed by atoms with Crippen molar-refractivity contribution in [3.63, 3.8) is 0 Å². The van der Waals surface area contributed by atoms with E-state index in [2.05, 4.69) is 0 Å². The molecule has 1 aliphatic rings. The third-order valence-corrected chi connectivity index (χ3v) is 2.31. The lowest BCUT2D eigenvalue weighted by Crippen LogP contribution is -2.15. The number of rotatable bonds is 2. The first kappa shape index (κ1) is 8.72. The Bertz CT molecular complexity index is 301. The maximum Gasteiger partial charge on any atom is 0.162 e. The Morgan fingerprint density at radius 3 is 2.77 bits per heavy atom. The van der Waals surface area contributed by atoms with Crippen LogP contribution in [0.5, 0.6) is 11.5 Å². The van der Waals surface area contributed by atoms with Gasteiger partial charge in [-0.3, -0.25) is 0 Å². The standard InChI is InChI=1S/C9H10O3S/c1-10-13-7-2-3-8-9(6-7)12-5-4-11-8/h2-3,6H,4-5H2,1H3. The largest absolute Gasteiger partial charge is 0.486 e. The van der Waals surface area contributed by atoms with Crippen molar-refractivity contribution in [2.24, 2.45) is 0 Å². The highest BCUT2D eigenvalue weighted by atomic mass is 32.2. The van der Waals surface area contributed by atoms with Gasteiger partial charge >= 0.3 is 0 Å². The third-order valence-electron chi connectivity index (χ3n) is 1.69. The van der Waals surface area contributed by atoms with Gasteiger partial charge < -0.3 is 13.7 Å². The Hall–Kier alpha value is -0.870. The number of ether oxygens (including phenoxy) is 2. The topological polar surface area (TPSA) is 27.7 Å². The van der Waals surface area contributed by atoms with E-state index in [4.69, 9.17) is 13.7 Å². The van der Waals surface area contributed by atoms with E-state index in [0.29, 0.717) is 13.2 Å². The van der Waals surface area contributed by atoms with Crippen molar-refractivity contribution >= 4 is 12.0 Å². The molecule has 0 fully saturated rings. The fraction of sp³-hybridized carbons (Fsp3) is 0.333. The summed E-state index contributed by atoms with van der Waals surface area (Å²) in [6.45, 7) is 1.25. The normalized spacial score (nSPS) is 14.2. The summed E-state index contributed by atoms with van der Waals surface area (Å²) in [5, 5.41) is 0. The maximum atomic E-state index is 5.42. The highest BCUT2D eigenvalue weighted by molar-refractivity contribution is 7.94. The summed E-state index contributed by atoms with van der Waals surface area (Å²) >= 11 is 1.31. The molecule has 0 bridgehead atoms. The minimum absolute atomic E-state index is 0.619. The summed E-state index contributed by atoms with van der Waals surface area (Å²) in [4.78, 5) is 1.02. The van der Waals surface area contributed by atoms with Crippen molar-refractivity contribution in [1.82, 2.24) is 0 Å². The molecule has 0 saturated carbocycles. The first-order valence-electron chi connectivity index (χ1n) is 4.00. The van der Waals surface area contributed by atoms with E-state index in [1.165, 1.54) is 12.0 Å². The maximum absolute atomic E-state index is 5.42. The quantitative estimate of drug-likeness (QED) is 0.680. The Balaban J connectivity index is 2.24. The molecular formula is C9H10O3S. The predicted octanol–water partition coefficient (Wildman–Crippen LogP) is 2.11. The van der Waals surface area contributed by atoms with E-state index in [9.17, 15) is 0 Å². The van der Waals surface area contributed by atoms with Gasteiger partial charge in [0.25, 0.3) is 0 Å². The number of benzene rings is 1. The van der Waals surface area contributed by atoms with Crippen molar-refractivity contribution in [2.45, 2.75) is 4.90 Å². The average molecular weight is 198 g/mol. The molecule has 1 aromatic carbocycles. The van der Waals surface area contributed by atoms with Gasteiger partial charge in [-0.05, 0) is 18.2 Å². The lowest BCUT2D eigenvalue weighted by molar-refractivity contribution is 0.171. The first-order valence-corrected chi connectivity index (χ1v) is 4.74. The molecule has 2 rings (SSSR count). The van der Waals surface area contributed by atoms with E-state index in [-0.39, 0.29) is 0 Å². The second-order valence-corrected chi connectivity index (χ2v) is 3.53. The fourth-order valence-electron chi connectivity index (χ4n) is 1.17. The molecule has 1 aromatic rings. The molecule has 1 aliphatic heterocycles. The fourth-order valence-corrected chi connectivity index (χ4v) is 1.64. The Morgan fingerprint density at radius 2 is 2.00 bits per heavy atom. The van der Waals surface area contributed by atoms with Crippen LogP contribution in [0.15, 0.2) is 23.1 Å². The van der Waals surface area contributed by atoms with Crippen LogP contribution >= 0.6 is 12.0 Å². The van der Waals surface area contributed by atoms with Gasteiger partial charge in [-0.2, -0.15) is 0 Å². The molecule has 0 radical (unpaired) electrons. The molecule has 0 aliphatic carbocycles. The molecule has 0 N–H and O–H groups in total. The van der Waals surface area contributed by atoms with E-state index < -0.39 is 0 Å². The summed E-state index contributed by atoms with van der Waals surface area (Å²) in [5.74, 6) is 1.61. The highest BCUT2D eigenvalue weighted by Gasteiger charge is 2.11. The van der Waals surface area contributed by atoms with Crippen LogP contribution in [-0.4, -0.2) is 20.3 Å². The Labute approximate surface area is 81.2 Å². The van der Waals surface area contributed by atoms with Gasteiger partial charge in [-0.25, -0.2) is 0 Å². The van der Waals surface area contributed by atoms with E-state index in [1.54, 1.807) is 7.11 Å². The van der Waals surface area contributed by atoms with Crippen LogP contribution in [0.1, 0.15) is 0 Å². The zero-order valence-electron chi connectivity index (χ0n) is 7.28. The van der Waals surface area contributed by atoms with Crippen molar-refractivity contribution in [2.75, 3.05) is 20.3 Å². The predicted molar refractivity (Wildman–Crippen MR) is 50.3 cm³/mol. The van der Waals surface area contributed by atoms with Crippen LogP contribution < -0.4 is 9.47 Å². The molecule has 0 atom stereocenters. The number of fused-ring (bicyclic) bond motifs is 1. The van der Waals surface area contributed by atoms with Gasteiger partial charge in [0, 0.05) is 16.9 Å². The summed E-state index contributed by atoms with van der Waals surface area (Å²) in [6.07, 6.45) is 0. The van der Waals surface area contributed by atoms with Gasteiger partial charge in [0.05, 0.1) is 7.11 Å². The van der Waals surface area contributed by atoms with Gasteiger partial charge in [0.2, 0.25) is 0 Å². The molecule has 0 unspecified atom stereocenters. The second-order valence-electron chi connectivity index (χ2n) is 2.56. The summed E-state index contributed by atoms with van der Waals surface area (Å²) in [6, 6.07) is 5.76. The van der Waals surface area contributed by atoms with Gasteiger partial charge in [-0.15, -0.1) is 0 Å². The second kappa shape index (κ2) is 3.89. The zero-order chi connectivity index (χ0) is 9.10. The molecule has 3 nitrogen and oxygen atoms in total. The molecule has 0 spiro atoms. The van der Waals surface area contributed by atoms with Crippen LogP contribution in [0.3, 0.4) is 0 Å². The number of hydrogen-bond acceptors (Lipinski definition) is 4. The SMILES string of the molecule is COSc1ccc2c(c1)OCCO2. The summed E-state index contributed by atoms with van der Waals surface area (Å²) < 4.78 is 15.7. The first-order chi connectivity index (χ1) is 6.40. The van der Waals surface area contributed by atoms with Gasteiger partial charge in [0.15, 0.2) is 11.5 Å². The van der Waals surface area contributed by atoms with E-state index in [1.807, 2.05) is 18.2 Å². The molecule has 70 valence electrons. The minimum atomic E-state index is 0.619. The lowest BCUT2D eigenvalue weighted by Gasteiger charge is -2.18. The van der Waals surface area contributed by atoms with Crippen LogP contribution in [0.4, 0.5) is 0 Å². The molecule has 13 heavy (non-hydrogen) atoms. The smallest absolute Gasteiger partial charge is 0.162 e. The summed E-state index contributed by atoms with van der Waals surface area (Å²) in [5.41, 5.74) is 0. The molecule has 1 heterocycles. The van der Waals surface area contributed by atoms with Crippen molar-refractivity contribution in [3.8, 4) is 11.5 Å². The van der Waals surface area contributed by atoms with E-state index >= 15 is 0 Å². The van der Waals surface area contributed by atoms with Crippen LogP contribution in [0.25, 0.3) is 0 Å². The average Bonchev–Trinajstić information content (AvgIpc) is 2.18. The van der Waals surface area contributed by atoms with Gasteiger partial charge in [0.1, 0.15) is 13.2 Å². The lowest BCUT2D eigenvalue weighted by atomic mass is 10.3. The Kier molecular flexibility index (Phi) is 2.61. The van der Waals surface area contributed by atoms with Crippen molar-refractivity contribution in [1.29, 1.82) is 0 Å². The van der Waals surface area contributed by atoms with E-state index in [0.717, 1.165) is 16.4 Å². The monoisotopic (exact) mass is 198 g/mol. The van der Waals surface area contributed by atoms with Crippen LogP contribution in [0.2, 0.25) is 0 Å². The zero-order valence-corrected chi connectivity index (χ0v) is 8.10. The molecule has 4 heteroatoms. The number of hydrogen-bond donors (Lipinski definition) is 0. The molecule has 0 aromatic heterocycles. The molecular weight excluding hydrogens is 188 g/mol. The Morgan fingerprint density at radius 1 is 1.23 bits per heavy atom. The third kappa shape index (κ3) is 1.89. The van der Waals surface area contributed by atoms with Gasteiger partial charge in [-0.1, -0.05) is 0 Å². The minimum Gasteiger partial charge on any atom is -0.486 e. The van der Waals surface area contributed by atoms with Crippen LogP contribution in [-0.2, 0) is 4.18 Å². The van der Waals surface area contributed by atoms with Crippen molar-refractivity contribution < 1.29 is 13.7 Å².